The van der Waals surface area contributed by atoms with Crippen LogP contribution in [0.2, 0.25) is 5.02 Å². The smallest absolute Gasteiger partial charge is 0.255 e. The van der Waals surface area contributed by atoms with E-state index in [-0.39, 0.29) is 5.91 Å². The van der Waals surface area contributed by atoms with E-state index in [1.54, 1.807) is 36.8 Å². The highest BCUT2D eigenvalue weighted by Gasteiger charge is 2.14. The van der Waals surface area contributed by atoms with Crippen LogP contribution < -0.4 is 10.6 Å². The van der Waals surface area contributed by atoms with Crippen molar-refractivity contribution in [2.45, 2.75) is 6.54 Å². The lowest BCUT2D eigenvalue weighted by Crippen LogP contribution is -2.12. The summed E-state index contributed by atoms with van der Waals surface area (Å²) in [5.41, 5.74) is 3.96. The minimum atomic E-state index is -0.229. The quantitative estimate of drug-likeness (QED) is 0.339. The summed E-state index contributed by atoms with van der Waals surface area (Å²) in [6.45, 7) is 0.676. The molecular formula is C24H18ClN5O. The number of nitrogens with one attached hydrogen (secondary N) is 3. The number of H-pyrrole nitrogens is 1. The summed E-state index contributed by atoms with van der Waals surface area (Å²) >= 11 is 6.39. The highest BCUT2D eigenvalue weighted by molar-refractivity contribution is 6.33. The lowest BCUT2D eigenvalue weighted by molar-refractivity contribution is 0.102. The molecule has 0 atom stereocenters. The molecule has 0 bridgehead atoms. The van der Waals surface area contributed by atoms with Gasteiger partial charge in [-0.1, -0.05) is 41.9 Å². The highest BCUT2D eigenvalue weighted by atomic mass is 35.5. The van der Waals surface area contributed by atoms with E-state index in [1.165, 1.54) is 5.56 Å². The molecule has 3 N–H and O–H groups in total. The first-order chi connectivity index (χ1) is 15.2. The first-order valence-electron chi connectivity index (χ1n) is 9.77. The Morgan fingerprint density at radius 1 is 1.00 bits per heavy atom. The van der Waals surface area contributed by atoms with Crippen molar-refractivity contribution in [2.24, 2.45) is 0 Å². The number of benzene rings is 2. The molecule has 0 saturated heterocycles. The number of amides is 1. The van der Waals surface area contributed by atoms with E-state index in [0.29, 0.717) is 22.8 Å². The summed E-state index contributed by atoms with van der Waals surface area (Å²) in [6.07, 6.45) is 4.95. The van der Waals surface area contributed by atoms with Crippen LogP contribution in [0, 0.1) is 0 Å². The Hall–Kier alpha value is -3.90. The fourth-order valence-electron chi connectivity index (χ4n) is 3.55. The number of halogens is 1. The van der Waals surface area contributed by atoms with Gasteiger partial charge in [-0.3, -0.25) is 9.78 Å². The van der Waals surface area contributed by atoms with Crippen LogP contribution in [0.25, 0.3) is 21.8 Å². The Bertz CT molecular complexity index is 1380. The summed E-state index contributed by atoms with van der Waals surface area (Å²) in [5.74, 6) is 0.535. The monoisotopic (exact) mass is 427 g/mol. The molecule has 0 saturated carbocycles. The number of hydrogen-bond donors (Lipinski definition) is 3. The number of hydrogen-bond acceptors (Lipinski definition) is 4. The third-order valence-electron chi connectivity index (χ3n) is 5.06. The number of pyridine rings is 2. The number of rotatable bonds is 5. The Morgan fingerprint density at radius 3 is 2.61 bits per heavy atom. The van der Waals surface area contributed by atoms with Gasteiger partial charge in [-0.25, -0.2) is 4.98 Å². The third kappa shape index (κ3) is 3.93. The minimum Gasteiger partial charge on any atom is -0.366 e. The van der Waals surface area contributed by atoms with Crippen LogP contribution in [0.15, 0.2) is 79.3 Å². The summed E-state index contributed by atoms with van der Waals surface area (Å²) in [5, 5.41) is 8.73. The van der Waals surface area contributed by atoms with E-state index in [1.807, 2.05) is 30.3 Å². The van der Waals surface area contributed by atoms with Crippen LogP contribution in [0.1, 0.15) is 15.9 Å². The first-order valence-corrected chi connectivity index (χ1v) is 10.2. The largest absolute Gasteiger partial charge is 0.366 e. The highest BCUT2D eigenvalue weighted by Crippen LogP contribution is 2.34. The van der Waals surface area contributed by atoms with Crippen LogP contribution >= 0.6 is 11.6 Å². The molecule has 0 unspecified atom stereocenters. The van der Waals surface area contributed by atoms with E-state index in [4.69, 9.17) is 11.6 Å². The fourth-order valence-corrected chi connectivity index (χ4v) is 3.77. The molecule has 0 aliphatic heterocycles. The molecule has 5 rings (SSSR count). The topological polar surface area (TPSA) is 82.7 Å². The summed E-state index contributed by atoms with van der Waals surface area (Å²) < 4.78 is 0. The average molecular weight is 428 g/mol. The molecule has 152 valence electrons. The van der Waals surface area contributed by atoms with Gasteiger partial charge in [-0.2, -0.15) is 0 Å². The summed E-state index contributed by atoms with van der Waals surface area (Å²) in [6, 6.07) is 19.1. The Morgan fingerprint density at radius 2 is 1.81 bits per heavy atom. The zero-order valence-electron chi connectivity index (χ0n) is 16.4. The van der Waals surface area contributed by atoms with Crippen molar-refractivity contribution in [2.75, 3.05) is 10.6 Å². The van der Waals surface area contributed by atoms with Crippen molar-refractivity contribution >= 4 is 50.8 Å². The molecule has 0 spiro atoms. The zero-order valence-corrected chi connectivity index (χ0v) is 17.1. The Kier molecular flexibility index (Phi) is 4.98. The number of carbonyl (C=O) groups is 1. The molecule has 3 aromatic heterocycles. The van der Waals surface area contributed by atoms with Crippen molar-refractivity contribution in [1.82, 2.24) is 15.0 Å². The molecule has 0 aliphatic carbocycles. The number of aromatic amines is 1. The molecule has 5 aromatic rings. The van der Waals surface area contributed by atoms with Gasteiger partial charge in [0.05, 0.1) is 22.9 Å². The molecule has 6 nitrogen and oxygen atoms in total. The lowest BCUT2D eigenvalue weighted by atomic mass is 10.1. The summed E-state index contributed by atoms with van der Waals surface area (Å²) in [7, 11) is 0. The van der Waals surface area contributed by atoms with E-state index in [2.05, 4.69) is 37.7 Å². The average Bonchev–Trinajstić information content (AvgIpc) is 3.17. The molecule has 31 heavy (non-hydrogen) atoms. The van der Waals surface area contributed by atoms with Gasteiger partial charge in [0.2, 0.25) is 0 Å². The predicted molar refractivity (Wildman–Crippen MR) is 125 cm³/mol. The van der Waals surface area contributed by atoms with Crippen LogP contribution in [0.3, 0.4) is 0 Å². The first kappa shape index (κ1) is 19.1. The second kappa shape index (κ2) is 8.08. The Labute approximate surface area is 183 Å². The molecule has 3 heterocycles. The van der Waals surface area contributed by atoms with Gasteiger partial charge in [0.15, 0.2) is 0 Å². The van der Waals surface area contributed by atoms with Crippen molar-refractivity contribution in [1.29, 1.82) is 0 Å². The van der Waals surface area contributed by atoms with Crippen LogP contribution in [-0.2, 0) is 6.54 Å². The number of carbonyl (C=O) groups excluding carboxylic acids is 1. The lowest BCUT2D eigenvalue weighted by Gasteiger charge is -2.07. The van der Waals surface area contributed by atoms with Gasteiger partial charge in [-0.05, 0) is 35.9 Å². The minimum absolute atomic E-state index is 0.229. The Balaban J connectivity index is 1.49. The predicted octanol–water partition coefficient (Wildman–Crippen LogP) is 5.63. The number of nitrogens with zero attached hydrogens (tertiary/aromatic N) is 2. The molecule has 7 heteroatoms. The number of anilines is 2. The van der Waals surface area contributed by atoms with Crippen molar-refractivity contribution in [3.8, 4) is 0 Å². The molecule has 0 fully saturated rings. The summed E-state index contributed by atoms with van der Waals surface area (Å²) in [4.78, 5) is 24.5. The maximum Gasteiger partial charge on any atom is 0.255 e. The zero-order chi connectivity index (χ0) is 21.2. The van der Waals surface area contributed by atoms with E-state index in [9.17, 15) is 4.79 Å². The van der Waals surface area contributed by atoms with Crippen LogP contribution in [-0.4, -0.2) is 20.9 Å². The maximum atomic E-state index is 12.6. The molecule has 2 aromatic carbocycles. The fraction of sp³-hybridized carbons (Fsp3) is 0.0417. The standard InChI is InChI=1S/C24H18ClN5O/c25-17-10-19-18-12-22(27-13-15-4-2-1-3-5-15)28-14-21(18)29-23(19)20(11-17)30-24(31)16-6-8-26-9-7-16/h1-12,14,29H,13H2,(H,27,28)(H,30,31). The van der Waals surface area contributed by atoms with Gasteiger partial charge < -0.3 is 15.6 Å². The van der Waals surface area contributed by atoms with Crippen LogP contribution in [0.4, 0.5) is 11.5 Å². The van der Waals surface area contributed by atoms with Crippen molar-refractivity contribution in [3.05, 3.63) is 95.4 Å². The SMILES string of the molecule is O=C(Nc1cc(Cl)cc2c1[nH]c1cnc(NCc3ccccc3)cc12)c1ccncc1. The molecule has 0 aliphatic rings. The van der Waals surface area contributed by atoms with Gasteiger partial charge in [0, 0.05) is 40.3 Å². The third-order valence-corrected chi connectivity index (χ3v) is 5.28. The van der Waals surface area contributed by atoms with Gasteiger partial charge in [0.25, 0.3) is 5.91 Å². The van der Waals surface area contributed by atoms with E-state index >= 15 is 0 Å². The molecule has 1 amide bonds. The normalized spacial score (nSPS) is 11.0. The second-order valence-electron chi connectivity index (χ2n) is 7.15. The van der Waals surface area contributed by atoms with Gasteiger partial charge in [-0.15, -0.1) is 0 Å². The second-order valence-corrected chi connectivity index (χ2v) is 7.58. The molecular weight excluding hydrogens is 410 g/mol. The van der Waals surface area contributed by atoms with E-state index in [0.717, 1.165) is 27.6 Å². The maximum absolute atomic E-state index is 12.6. The van der Waals surface area contributed by atoms with Crippen molar-refractivity contribution < 1.29 is 4.79 Å². The van der Waals surface area contributed by atoms with Gasteiger partial charge in [0.1, 0.15) is 5.82 Å². The number of aromatic nitrogens is 3. The van der Waals surface area contributed by atoms with E-state index < -0.39 is 0 Å². The van der Waals surface area contributed by atoms with Crippen molar-refractivity contribution in [3.63, 3.8) is 0 Å². The van der Waals surface area contributed by atoms with Gasteiger partial charge >= 0.3 is 0 Å². The number of fused-ring (bicyclic) bond motifs is 3. The van der Waals surface area contributed by atoms with Crippen LogP contribution in [0.5, 0.6) is 0 Å². The molecule has 0 radical (unpaired) electrons.